The molecule has 0 spiro atoms. The average molecular weight is 342 g/mol. The number of halogens is 2. The molecule has 0 unspecified atom stereocenters. The van der Waals surface area contributed by atoms with Crippen LogP contribution in [0, 0.1) is 11.6 Å². The molecule has 0 radical (unpaired) electrons. The zero-order chi connectivity index (χ0) is 17.9. The molecular weight excluding hydrogens is 322 g/mol. The fourth-order valence-corrected chi connectivity index (χ4v) is 1.87. The van der Waals surface area contributed by atoms with Crippen molar-refractivity contribution in [2.45, 2.75) is 25.7 Å². The van der Waals surface area contributed by atoms with Gasteiger partial charge in [0.15, 0.2) is 0 Å². The first kappa shape index (κ1) is 19.5. The Bertz CT molecular complexity index is 593. The molecule has 8 heteroatoms. The highest BCUT2D eigenvalue weighted by molar-refractivity contribution is 5.94. The van der Waals surface area contributed by atoms with Gasteiger partial charge >= 0.3 is 5.97 Å². The number of nitrogens with one attached hydrogen (secondary N) is 2. The van der Waals surface area contributed by atoms with Crippen LogP contribution >= 0.6 is 0 Å². The first-order chi connectivity index (χ1) is 11.4. The summed E-state index contributed by atoms with van der Waals surface area (Å²) >= 11 is 0. The third-order valence-electron chi connectivity index (χ3n) is 3.15. The van der Waals surface area contributed by atoms with Gasteiger partial charge in [-0.2, -0.15) is 0 Å². The molecule has 132 valence electrons. The van der Waals surface area contributed by atoms with Gasteiger partial charge in [-0.15, -0.1) is 0 Å². The first-order valence-corrected chi connectivity index (χ1v) is 7.50. The minimum absolute atomic E-state index is 0.185. The van der Waals surface area contributed by atoms with Crippen LogP contribution in [0.4, 0.5) is 8.78 Å². The average Bonchev–Trinajstić information content (AvgIpc) is 2.55. The molecule has 0 saturated carbocycles. The minimum atomic E-state index is -0.934. The second kappa shape index (κ2) is 10.3. The Morgan fingerprint density at radius 1 is 1.04 bits per heavy atom. The predicted octanol–water partition coefficient (Wildman–Crippen LogP) is 1.54. The smallest absolute Gasteiger partial charge is 0.305 e. The summed E-state index contributed by atoms with van der Waals surface area (Å²) in [6.07, 6.45) is 1.27. The van der Waals surface area contributed by atoms with Crippen LogP contribution in [0.3, 0.4) is 0 Å². The number of rotatable bonds is 9. The Morgan fingerprint density at radius 3 is 2.38 bits per heavy atom. The second-order valence-electron chi connectivity index (χ2n) is 5.01. The summed E-state index contributed by atoms with van der Waals surface area (Å²) in [5.41, 5.74) is -0.247. The van der Waals surface area contributed by atoms with E-state index in [1.807, 2.05) is 0 Å². The normalized spacial score (nSPS) is 10.1. The van der Waals surface area contributed by atoms with E-state index in [0.717, 1.165) is 12.1 Å². The number of carbonyl (C=O) groups excluding carboxylic acids is 3. The molecule has 0 heterocycles. The maximum atomic E-state index is 13.4. The van der Waals surface area contributed by atoms with E-state index in [2.05, 4.69) is 15.4 Å². The van der Waals surface area contributed by atoms with Gasteiger partial charge in [-0.3, -0.25) is 14.4 Å². The number of hydrogen-bond acceptors (Lipinski definition) is 4. The molecule has 1 aromatic carbocycles. The molecule has 0 aliphatic rings. The molecule has 24 heavy (non-hydrogen) atoms. The lowest BCUT2D eigenvalue weighted by Crippen LogP contribution is -2.28. The van der Waals surface area contributed by atoms with E-state index < -0.39 is 17.5 Å². The standard InChI is InChI=1S/C16H20F2N2O4/c1-24-15(22)5-3-8-19-14(21)4-2-9-20-16(23)12-7-6-11(17)10-13(12)18/h6-7,10H,2-5,8-9H2,1H3,(H,19,21)(H,20,23). The minimum Gasteiger partial charge on any atom is -0.469 e. The lowest BCUT2D eigenvalue weighted by Gasteiger charge is -2.07. The van der Waals surface area contributed by atoms with E-state index in [-0.39, 0.29) is 36.8 Å². The van der Waals surface area contributed by atoms with Gasteiger partial charge in [0, 0.05) is 32.0 Å². The summed E-state index contributed by atoms with van der Waals surface area (Å²) < 4.78 is 30.6. The second-order valence-corrected chi connectivity index (χ2v) is 5.01. The van der Waals surface area contributed by atoms with E-state index >= 15 is 0 Å². The fraction of sp³-hybridized carbons (Fsp3) is 0.438. The van der Waals surface area contributed by atoms with Gasteiger partial charge in [-0.05, 0) is 25.0 Å². The van der Waals surface area contributed by atoms with Crippen molar-refractivity contribution in [3.05, 3.63) is 35.4 Å². The van der Waals surface area contributed by atoms with Crippen molar-refractivity contribution >= 4 is 17.8 Å². The van der Waals surface area contributed by atoms with Crippen LogP contribution in [0.1, 0.15) is 36.0 Å². The SMILES string of the molecule is COC(=O)CCCNC(=O)CCCNC(=O)c1ccc(F)cc1F. The number of benzene rings is 1. The number of amides is 2. The monoisotopic (exact) mass is 342 g/mol. The van der Waals surface area contributed by atoms with Crippen LogP contribution in [0.2, 0.25) is 0 Å². The third-order valence-corrected chi connectivity index (χ3v) is 3.15. The molecule has 1 aromatic rings. The topological polar surface area (TPSA) is 84.5 Å². The molecule has 0 atom stereocenters. The molecule has 2 amide bonds. The molecule has 0 fully saturated rings. The molecular formula is C16H20F2N2O4. The highest BCUT2D eigenvalue weighted by Gasteiger charge is 2.12. The van der Waals surface area contributed by atoms with Crippen LogP contribution in [-0.4, -0.2) is 38.0 Å². The van der Waals surface area contributed by atoms with Crippen LogP contribution in [-0.2, 0) is 14.3 Å². The number of carbonyl (C=O) groups is 3. The Morgan fingerprint density at radius 2 is 1.71 bits per heavy atom. The Kier molecular flexibility index (Phi) is 8.38. The van der Waals surface area contributed by atoms with Crippen molar-refractivity contribution in [1.29, 1.82) is 0 Å². The van der Waals surface area contributed by atoms with Gasteiger partial charge < -0.3 is 15.4 Å². The molecule has 0 saturated heterocycles. The van der Waals surface area contributed by atoms with Gasteiger partial charge in [0.25, 0.3) is 5.91 Å². The quantitative estimate of drug-likeness (QED) is 0.527. The Hall–Kier alpha value is -2.51. The molecule has 0 aromatic heterocycles. The van der Waals surface area contributed by atoms with Crippen molar-refractivity contribution in [3.63, 3.8) is 0 Å². The summed E-state index contributed by atoms with van der Waals surface area (Å²) in [5, 5.41) is 5.10. The summed E-state index contributed by atoms with van der Waals surface area (Å²) in [4.78, 5) is 34.1. The Labute approximate surface area is 138 Å². The molecule has 6 nitrogen and oxygen atoms in total. The number of hydrogen-bond donors (Lipinski definition) is 2. The third kappa shape index (κ3) is 7.17. The first-order valence-electron chi connectivity index (χ1n) is 7.50. The van der Waals surface area contributed by atoms with Gasteiger partial charge in [0.1, 0.15) is 11.6 Å². The van der Waals surface area contributed by atoms with Crippen molar-refractivity contribution in [3.8, 4) is 0 Å². The summed E-state index contributed by atoms with van der Waals surface area (Å²) in [6.45, 7) is 0.548. The molecule has 1 rings (SSSR count). The van der Waals surface area contributed by atoms with E-state index in [1.54, 1.807) is 0 Å². The summed E-state index contributed by atoms with van der Waals surface area (Å²) in [5.74, 6) is -2.89. The Balaban J connectivity index is 2.17. The van der Waals surface area contributed by atoms with Gasteiger partial charge in [-0.1, -0.05) is 0 Å². The predicted molar refractivity (Wildman–Crippen MR) is 82.2 cm³/mol. The van der Waals surface area contributed by atoms with Gasteiger partial charge in [0.05, 0.1) is 12.7 Å². The van der Waals surface area contributed by atoms with Crippen molar-refractivity contribution in [1.82, 2.24) is 10.6 Å². The maximum absolute atomic E-state index is 13.4. The van der Waals surface area contributed by atoms with Gasteiger partial charge in [0.2, 0.25) is 5.91 Å². The zero-order valence-corrected chi connectivity index (χ0v) is 13.4. The van der Waals surface area contributed by atoms with E-state index in [4.69, 9.17) is 0 Å². The van der Waals surface area contributed by atoms with Crippen molar-refractivity contribution in [2.75, 3.05) is 20.2 Å². The summed E-state index contributed by atoms with van der Waals surface area (Å²) in [7, 11) is 1.30. The number of ether oxygens (including phenoxy) is 1. The van der Waals surface area contributed by atoms with Crippen molar-refractivity contribution < 1.29 is 27.9 Å². The summed E-state index contributed by atoms with van der Waals surface area (Å²) in [6, 6.07) is 2.70. The maximum Gasteiger partial charge on any atom is 0.305 e. The molecule has 0 aliphatic heterocycles. The van der Waals surface area contributed by atoms with Crippen molar-refractivity contribution in [2.24, 2.45) is 0 Å². The lowest BCUT2D eigenvalue weighted by molar-refractivity contribution is -0.140. The van der Waals surface area contributed by atoms with Crippen LogP contribution < -0.4 is 10.6 Å². The highest BCUT2D eigenvalue weighted by atomic mass is 19.1. The molecule has 0 aliphatic carbocycles. The molecule has 0 bridgehead atoms. The van der Waals surface area contributed by atoms with E-state index in [1.165, 1.54) is 7.11 Å². The van der Waals surface area contributed by atoms with Crippen LogP contribution in [0.5, 0.6) is 0 Å². The van der Waals surface area contributed by atoms with Crippen LogP contribution in [0.15, 0.2) is 18.2 Å². The fourth-order valence-electron chi connectivity index (χ4n) is 1.87. The van der Waals surface area contributed by atoms with E-state index in [9.17, 15) is 23.2 Å². The largest absolute Gasteiger partial charge is 0.469 e. The molecule has 2 N–H and O–H groups in total. The van der Waals surface area contributed by atoms with E-state index in [0.29, 0.717) is 25.5 Å². The highest BCUT2D eigenvalue weighted by Crippen LogP contribution is 2.09. The van der Waals surface area contributed by atoms with Crippen LogP contribution in [0.25, 0.3) is 0 Å². The zero-order valence-electron chi connectivity index (χ0n) is 13.4. The number of esters is 1. The number of methoxy groups -OCH3 is 1. The lowest BCUT2D eigenvalue weighted by atomic mass is 10.2. The van der Waals surface area contributed by atoms with Gasteiger partial charge in [-0.25, -0.2) is 8.78 Å².